The standard InChI is InChI=1S/C23H21F2N5O4S/c1-4-34-22(32)15-10-30-18(27-15)6-5-17(29-30)28-21-12(20(26)31)9-16(35-21)19-13(24)7-11(8-14(19)25)23(2,3)33/h5-10,33H,4H2,1-3H3,(H2,26,31)(H,28,29). The van der Waals surface area contributed by atoms with E-state index in [0.29, 0.717) is 5.65 Å². The molecule has 9 nitrogen and oxygen atoms in total. The molecule has 4 N–H and O–H groups in total. The lowest BCUT2D eigenvalue weighted by atomic mass is 9.96. The van der Waals surface area contributed by atoms with Crippen molar-refractivity contribution in [2.75, 3.05) is 11.9 Å². The van der Waals surface area contributed by atoms with Crippen LogP contribution in [0.5, 0.6) is 0 Å². The maximum atomic E-state index is 14.9. The van der Waals surface area contributed by atoms with E-state index in [0.717, 1.165) is 23.5 Å². The Morgan fingerprint density at radius 3 is 2.51 bits per heavy atom. The molecule has 0 aliphatic carbocycles. The summed E-state index contributed by atoms with van der Waals surface area (Å²) in [5.41, 5.74) is 4.25. The minimum atomic E-state index is -1.44. The highest BCUT2D eigenvalue weighted by Gasteiger charge is 2.24. The number of nitrogens with zero attached hydrogens (tertiary/aromatic N) is 3. The predicted octanol–water partition coefficient (Wildman–Crippen LogP) is 3.98. The molecule has 0 saturated carbocycles. The summed E-state index contributed by atoms with van der Waals surface area (Å²) < 4.78 is 36.0. The summed E-state index contributed by atoms with van der Waals surface area (Å²) in [7, 11) is 0. The molecule has 35 heavy (non-hydrogen) atoms. The molecule has 0 saturated heterocycles. The predicted molar refractivity (Wildman–Crippen MR) is 126 cm³/mol. The van der Waals surface area contributed by atoms with E-state index in [1.54, 1.807) is 19.1 Å². The highest BCUT2D eigenvalue weighted by molar-refractivity contribution is 7.20. The van der Waals surface area contributed by atoms with Crippen molar-refractivity contribution in [2.24, 2.45) is 5.73 Å². The van der Waals surface area contributed by atoms with Crippen LogP contribution in [0.1, 0.15) is 47.2 Å². The second-order valence-electron chi connectivity index (χ2n) is 8.08. The number of nitrogens with one attached hydrogen (secondary N) is 1. The summed E-state index contributed by atoms with van der Waals surface area (Å²) in [5.74, 6) is -2.92. The minimum Gasteiger partial charge on any atom is -0.461 e. The molecule has 0 aliphatic rings. The number of primary amides is 1. The van der Waals surface area contributed by atoms with Gasteiger partial charge < -0.3 is 20.9 Å². The molecular weight excluding hydrogens is 480 g/mol. The Morgan fingerprint density at radius 1 is 1.23 bits per heavy atom. The number of thiophene rings is 1. The third-order valence-electron chi connectivity index (χ3n) is 5.04. The van der Waals surface area contributed by atoms with Gasteiger partial charge in [0.1, 0.15) is 16.6 Å². The van der Waals surface area contributed by atoms with E-state index in [-0.39, 0.29) is 44.7 Å². The van der Waals surface area contributed by atoms with Gasteiger partial charge in [0.2, 0.25) is 0 Å². The Kier molecular flexibility index (Phi) is 6.26. The van der Waals surface area contributed by atoms with Gasteiger partial charge in [-0.15, -0.1) is 16.4 Å². The number of rotatable bonds is 7. The number of esters is 1. The van der Waals surface area contributed by atoms with Gasteiger partial charge >= 0.3 is 5.97 Å². The van der Waals surface area contributed by atoms with Crippen molar-refractivity contribution in [3.63, 3.8) is 0 Å². The summed E-state index contributed by atoms with van der Waals surface area (Å²) in [6.45, 7) is 4.71. The highest BCUT2D eigenvalue weighted by Crippen LogP contribution is 2.40. The Labute approximate surface area is 202 Å². The molecule has 3 aromatic heterocycles. The maximum absolute atomic E-state index is 14.9. The van der Waals surface area contributed by atoms with Crippen LogP contribution in [0.15, 0.2) is 36.5 Å². The zero-order valence-corrected chi connectivity index (χ0v) is 19.7. The van der Waals surface area contributed by atoms with Crippen molar-refractivity contribution in [3.8, 4) is 10.4 Å². The van der Waals surface area contributed by atoms with Gasteiger partial charge in [0.15, 0.2) is 17.2 Å². The van der Waals surface area contributed by atoms with Gasteiger partial charge in [0.25, 0.3) is 5.91 Å². The van der Waals surface area contributed by atoms with Crippen molar-refractivity contribution in [2.45, 2.75) is 26.4 Å². The Morgan fingerprint density at radius 2 is 1.91 bits per heavy atom. The Bertz CT molecular complexity index is 1440. The van der Waals surface area contributed by atoms with E-state index in [4.69, 9.17) is 10.5 Å². The lowest BCUT2D eigenvalue weighted by Gasteiger charge is -2.18. The van der Waals surface area contributed by atoms with Gasteiger partial charge in [-0.2, -0.15) is 0 Å². The molecule has 1 aromatic carbocycles. The molecule has 0 bridgehead atoms. The lowest BCUT2D eigenvalue weighted by molar-refractivity contribution is 0.0520. The molecule has 0 aliphatic heterocycles. The molecule has 4 rings (SSSR count). The number of hydrogen-bond donors (Lipinski definition) is 3. The van der Waals surface area contributed by atoms with Crippen molar-refractivity contribution in [1.82, 2.24) is 14.6 Å². The number of fused-ring (bicyclic) bond motifs is 1. The van der Waals surface area contributed by atoms with Crippen LogP contribution < -0.4 is 11.1 Å². The molecule has 0 unspecified atom stereocenters. The second kappa shape index (κ2) is 9.04. The van der Waals surface area contributed by atoms with Crippen molar-refractivity contribution >= 4 is 39.7 Å². The topological polar surface area (TPSA) is 132 Å². The van der Waals surface area contributed by atoms with Crippen LogP contribution in [0.3, 0.4) is 0 Å². The van der Waals surface area contributed by atoms with Gasteiger partial charge in [-0.05, 0) is 56.7 Å². The van der Waals surface area contributed by atoms with Crippen LogP contribution in [0.2, 0.25) is 0 Å². The normalized spacial score (nSPS) is 11.6. The first-order valence-electron chi connectivity index (χ1n) is 10.4. The fourth-order valence-corrected chi connectivity index (χ4v) is 4.44. The SMILES string of the molecule is CCOC(=O)c1cn2nc(Nc3sc(-c4c(F)cc(C(C)(C)O)cc4F)cc3C(N)=O)ccc2n1. The number of amides is 1. The van der Waals surface area contributed by atoms with E-state index in [1.165, 1.54) is 30.6 Å². The molecule has 0 atom stereocenters. The van der Waals surface area contributed by atoms with Crippen LogP contribution in [0.25, 0.3) is 16.1 Å². The number of halogens is 2. The summed E-state index contributed by atoms with van der Waals surface area (Å²) in [4.78, 5) is 28.2. The number of carbonyl (C=O) groups is 2. The number of aromatic nitrogens is 3. The summed E-state index contributed by atoms with van der Waals surface area (Å²) >= 11 is 0.906. The molecule has 182 valence electrons. The lowest BCUT2D eigenvalue weighted by Crippen LogP contribution is -2.16. The summed E-state index contributed by atoms with van der Waals surface area (Å²) in [6, 6.07) is 6.52. The fraction of sp³-hybridized carbons (Fsp3) is 0.217. The minimum absolute atomic E-state index is 0.00936. The smallest absolute Gasteiger partial charge is 0.358 e. The van der Waals surface area contributed by atoms with Gasteiger partial charge in [-0.1, -0.05) is 0 Å². The largest absolute Gasteiger partial charge is 0.461 e. The number of ether oxygens (including phenoxy) is 1. The molecule has 3 heterocycles. The molecule has 12 heteroatoms. The zero-order chi connectivity index (χ0) is 25.5. The quantitative estimate of drug-likeness (QED) is 0.326. The van der Waals surface area contributed by atoms with E-state index in [9.17, 15) is 23.5 Å². The summed E-state index contributed by atoms with van der Waals surface area (Å²) in [6.07, 6.45) is 1.39. The molecule has 0 fully saturated rings. The third-order valence-corrected chi connectivity index (χ3v) is 6.11. The van der Waals surface area contributed by atoms with Crippen molar-refractivity contribution in [1.29, 1.82) is 0 Å². The number of carbonyl (C=O) groups excluding carboxylic acids is 2. The van der Waals surface area contributed by atoms with E-state index >= 15 is 0 Å². The number of benzene rings is 1. The summed E-state index contributed by atoms with van der Waals surface area (Å²) in [5, 5.41) is 17.5. The van der Waals surface area contributed by atoms with Gasteiger partial charge in [0, 0.05) is 4.88 Å². The van der Waals surface area contributed by atoms with E-state index in [1.807, 2.05) is 0 Å². The first-order valence-corrected chi connectivity index (χ1v) is 11.3. The zero-order valence-electron chi connectivity index (χ0n) is 18.9. The Hall–Kier alpha value is -3.90. The monoisotopic (exact) mass is 501 g/mol. The number of hydrogen-bond acceptors (Lipinski definition) is 8. The van der Waals surface area contributed by atoms with Crippen LogP contribution in [0.4, 0.5) is 19.6 Å². The average molecular weight is 502 g/mol. The number of aliphatic hydroxyl groups is 1. The van der Waals surface area contributed by atoms with Crippen LogP contribution >= 0.6 is 11.3 Å². The average Bonchev–Trinajstić information content (AvgIpc) is 3.37. The molecule has 0 radical (unpaired) electrons. The number of nitrogens with two attached hydrogens (primary N) is 1. The van der Waals surface area contributed by atoms with Gasteiger partial charge in [-0.3, -0.25) is 4.79 Å². The first-order chi connectivity index (χ1) is 16.5. The van der Waals surface area contributed by atoms with Crippen LogP contribution in [-0.4, -0.2) is 38.2 Å². The fourth-order valence-electron chi connectivity index (χ4n) is 3.32. The first kappa shape index (κ1) is 24.2. The highest BCUT2D eigenvalue weighted by atomic mass is 32.1. The number of anilines is 2. The van der Waals surface area contributed by atoms with E-state index in [2.05, 4.69) is 15.4 Å². The van der Waals surface area contributed by atoms with Crippen LogP contribution in [-0.2, 0) is 10.3 Å². The second-order valence-corrected chi connectivity index (χ2v) is 9.14. The van der Waals surface area contributed by atoms with Gasteiger partial charge in [0.05, 0.1) is 29.5 Å². The molecule has 4 aromatic rings. The number of imidazole rings is 1. The third kappa shape index (κ3) is 4.84. The van der Waals surface area contributed by atoms with Crippen molar-refractivity contribution in [3.05, 3.63) is 65.0 Å². The van der Waals surface area contributed by atoms with E-state index < -0.39 is 29.1 Å². The molecule has 0 spiro atoms. The Balaban J connectivity index is 1.71. The van der Waals surface area contributed by atoms with Crippen molar-refractivity contribution < 1.29 is 28.2 Å². The molecule has 1 amide bonds. The van der Waals surface area contributed by atoms with Gasteiger partial charge in [-0.25, -0.2) is 23.1 Å². The maximum Gasteiger partial charge on any atom is 0.358 e. The molecular formula is C23H21F2N5O4S. The van der Waals surface area contributed by atoms with Crippen LogP contribution in [0, 0.1) is 11.6 Å².